The van der Waals surface area contributed by atoms with E-state index in [0.717, 1.165) is 29.8 Å². The van der Waals surface area contributed by atoms with E-state index < -0.39 is 0 Å². The number of pyridine rings is 1. The first kappa shape index (κ1) is 14.0. The fourth-order valence-electron chi connectivity index (χ4n) is 3.04. The summed E-state index contributed by atoms with van der Waals surface area (Å²) in [6.07, 6.45) is 4.03. The average Bonchev–Trinajstić information content (AvgIpc) is 2.46. The number of nitrogens with two attached hydrogens (primary N) is 1. The number of anilines is 2. The van der Waals surface area contributed by atoms with Crippen molar-refractivity contribution in [2.45, 2.75) is 32.7 Å². The standard InChI is InChI=1S/C17H19N3S/c1-11-9-10-19-17(15(11)16(18)21)20-12(2)7-8-13-5-3-4-6-14(13)20/h3-6,9-10,12H,7-8H2,1-2H3,(H2,18,21). The van der Waals surface area contributed by atoms with Crippen LogP contribution in [-0.4, -0.2) is 16.0 Å². The largest absolute Gasteiger partial charge is 0.389 e. The molecule has 2 heterocycles. The summed E-state index contributed by atoms with van der Waals surface area (Å²) in [5.41, 5.74) is 10.5. The van der Waals surface area contributed by atoms with Gasteiger partial charge in [-0.3, -0.25) is 0 Å². The third-order valence-corrected chi connectivity index (χ3v) is 4.34. The van der Waals surface area contributed by atoms with E-state index in [4.69, 9.17) is 18.0 Å². The molecule has 108 valence electrons. The first-order chi connectivity index (χ1) is 10.1. The average molecular weight is 297 g/mol. The van der Waals surface area contributed by atoms with Gasteiger partial charge in [-0.05, 0) is 49.9 Å². The highest BCUT2D eigenvalue weighted by molar-refractivity contribution is 7.80. The van der Waals surface area contributed by atoms with Crippen LogP contribution in [0.5, 0.6) is 0 Å². The molecule has 1 aromatic carbocycles. The predicted octanol–water partition coefficient (Wildman–Crippen LogP) is 3.50. The topological polar surface area (TPSA) is 42.2 Å². The second-order valence-corrected chi connectivity index (χ2v) is 6.02. The molecule has 0 aliphatic carbocycles. The number of hydrogen-bond acceptors (Lipinski definition) is 3. The molecule has 3 rings (SSSR count). The highest BCUT2D eigenvalue weighted by Gasteiger charge is 2.27. The molecule has 0 radical (unpaired) electrons. The first-order valence-corrected chi connectivity index (χ1v) is 7.63. The fourth-order valence-corrected chi connectivity index (χ4v) is 3.29. The molecule has 0 spiro atoms. The number of rotatable bonds is 2. The Morgan fingerprint density at radius 1 is 1.33 bits per heavy atom. The number of benzene rings is 1. The van der Waals surface area contributed by atoms with Gasteiger partial charge in [0.25, 0.3) is 0 Å². The van der Waals surface area contributed by atoms with Crippen LogP contribution in [0, 0.1) is 6.92 Å². The molecule has 0 bridgehead atoms. The van der Waals surface area contributed by atoms with Crippen molar-refractivity contribution in [2.75, 3.05) is 4.90 Å². The molecular formula is C17H19N3S. The summed E-state index contributed by atoms with van der Waals surface area (Å²) >= 11 is 5.25. The Morgan fingerprint density at radius 2 is 2.10 bits per heavy atom. The van der Waals surface area contributed by atoms with Crippen LogP contribution < -0.4 is 10.6 Å². The molecule has 2 aromatic rings. The van der Waals surface area contributed by atoms with Crippen molar-refractivity contribution in [2.24, 2.45) is 5.73 Å². The highest BCUT2D eigenvalue weighted by atomic mass is 32.1. The molecule has 3 nitrogen and oxygen atoms in total. The van der Waals surface area contributed by atoms with E-state index in [1.54, 1.807) is 0 Å². The van der Waals surface area contributed by atoms with Gasteiger partial charge in [0.1, 0.15) is 10.8 Å². The molecule has 4 heteroatoms. The number of para-hydroxylation sites is 1. The van der Waals surface area contributed by atoms with E-state index in [9.17, 15) is 0 Å². The Morgan fingerprint density at radius 3 is 2.86 bits per heavy atom. The number of hydrogen-bond donors (Lipinski definition) is 1. The van der Waals surface area contributed by atoms with E-state index in [0.29, 0.717) is 11.0 Å². The van der Waals surface area contributed by atoms with Gasteiger partial charge in [0.2, 0.25) is 0 Å². The predicted molar refractivity (Wildman–Crippen MR) is 91.2 cm³/mol. The fraction of sp³-hybridized carbons (Fsp3) is 0.294. The molecule has 2 N–H and O–H groups in total. The lowest BCUT2D eigenvalue weighted by molar-refractivity contribution is 0.613. The van der Waals surface area contributed by atoms with E-state index in [2.05, 4.69) is 41.1 Å². The number of thiocarbonyl (C=S) groups is 1. The normalized spacial score (nSPS) is 17.4. The van der Waals surface area contributed by atoms with Crippen LogP contribution in [0.2, 0.25) is 0 Å². The SMILES string of the molecule is Cc1ccnc(N2c3ccccc3CCC2C)c1C(N)=S. The van der Waals surface area contributed by atoms with Gasteiger partial charge in [-0.15, -0.1) is 0 Å². The maximum atomic E-state index is 5.95. The van der Waals surface area contributed by atoms with Gasteiger partial charge in [-0.25, -0.2) is 4.98 Å². The van der Waals surface area contributed by atoms with E-state index >= 15 is 0 Å². The number of nitrogens with zero attached hydrogens (tertiary/aromatic N) is 2. The molecule has 1 atom stereocenters. The summed E-state index contributed by atoms with van der Waals surface area (Å²) in [5.74, 6) is 0.877. The monoisotopic (exact) mass is 297 g/mol. The van der Waals surface area contributed by atoms with Crippen molar-refractivity contribution in [1.82, 2.24) is 4.98 Å². The minimum Gasteiger partial charge on any atom is -0.389 e. The number of aryl methyl sites for hydroxylation is 2. The summed E-state index contributed by atoms with van der Waals surface area (Å²) in [6.45, 7) is 4.25. The third kappa shape index (κ3) is 2.40. The van der Waals surface area contributed by atoms with Crippen LogP contribution >= 0.6 is 12.2 Å². The molecule has 0 saturated carbocycles. The number of aromatic nitrogens is 1. The second-order valence-electron chi connectivity index (χ2n) is 5.58. The maximum absolute atomic E-state index is 5.95. The van der Waals surface area contributed by atoms with Crippen LogP contribution in [-0.2, 0) is 6.42 Å². The molecule has 21 heavy (non-hydrogen) atoms. The van der Waals surface area contributed by atoms with Crippen molar-refractivity contribution in [1.29, 1.82) is 0 Å². The zero-order valence-electron chi connectivity index (χ0n) is 12.3. The second kappa shape index (κ2) is 5.45. The molecule has 1 aliphatic rings. The molecule has 1 aliphatic heterocycles. The van der Waals surface area contributed by atoms with Gasteiger partial charge < -0.3 is 10.6 Å². The third-order valence-electron chi connectivity index (χ3n) is 4.14. The summed E-state index contributed by atoms with van der Waals surface area (Å²) in [5, 5.41) is 0. The zero-order chi connectivity index (χ0) is 15.0. The van der Waals surface area contributed by atoms with Crippen molar-refractivity contribution in [3.05, 3.63) is 53.2 Å². The Hall–Kier alpha value is -1.94. The Balaban J connectivity index is 2.21. The molecular weight excluding hydrogens is 278 g/mol. The maximum Gasteiger partial charge on any atom is 0.143 e. The van der Waals surface area contributed by atoms with Crippen LogP contribution in [0.15, 0.2) is 36.5 Å². The summed E-state index contributed by atoms with van der Waals surface area (Å²) in [4.78, 5) is 7.28. The van der Waals surface area contributed by atoms with E-state index in [-0.39, 0.29) is 0 Å². The van der Waals surface area contributed by atoms with Gasteiger partial charge >= 0.3 is 0 Å². The summed E-state index contributed by atoms with van der Waals surface area (Å²) < 4.78 is 0. The molecule has 1 unspecified atom stereocenters. The van der Waals surface area contributed by atoms with Crippen molar-refractivity contribution >= 4 is 28.7 Å². The molecule has 1 aromatic heterocycles. The Bertz CT molecular complexity index is 696. The van der Waals surface area contributed by atoms with Crippen molar-refractivity contribution < 1.29 is 0 Å². The number of fused-ring (bicyclic) bond motifs is 1. The van der Waals surface area contributed by atoms with Crippen molar-refractivity contribution in [3.63, 3.8) is 0 Å². The van der Waals surface area contributed by atoms with Crippen LogP contribution in [0.3, 0.4) is 0 Å². The highest BCUT2D eigenvalue weighted by Crippen LogP contribution is 2.37. The van der Waals surface area contributed by atoms with Crippen LogP contribution in [0.25, 0.3) is 0 Å². The quantitative estimate of drug-likeness (QED) is 0.862. The smallest absolute Gasteiger partial charge is 0.143 e. The first-order valence-electron chi connectivity index (χ1n) is 7.22. The minimum atomic E-state index is 0.377. The van der Waals surface area contributed by atoms with Crippen LogP contribution in [0.4, 0.5) is 11.5 Å². The van der Waals surface area contributed by atoms with Gasteiger partial charge in [0.05, 0.1) is 5.56 Å². The zero-order valence-corrected chi connectivity index (χ0v) is 13.2. The lowest BCUT2D eigenvalue weighted by Crippen LogP contribution is -2.35. The summed E-state index contributed by atoms with van der Waals surface area (Å²) in [7, 11) is 0. The van der Waals surface area contributed by atoms with E-state index in [1.165, 1.54) is 11.3 Å². The van der Waals surface area contributed by atoms with Gasteiger partial charge in [-0.2, -0.15) is 0 Å². The van der Waals surface area contributed by atoms with Gasteiger partial charge in [0, 0.05) is 17.9 Å². The van der Waals surface area contributed by atoms with Gasteiger partial charge in [0.15, 0.2) is 0 Å². The van der Waals surface area contributed by atoms with Gasteiger partial charge in [-0.1, -0.05) is 30.4 Å². The molecule has 0 saturated heterocycles. The Labute approximate surface area is 130 Å². The Kier molecular flexibility index (Phi) is 3.64. The van der Waals surface area contributed by atoms with Crippen molar-refractivity contribution in [3.8, 4) is 0 Å². The molecule has 0 amide bonds. The molecule has 0 fully saturated rings. The summed E-state index contributed by atoms with van der Waals surface area (Å²) in [6, 6.07) is 10.8. The van der Waals surface area contributed by atoms with Crippen LogP contribution in [0.1, 0.15) is 30.0 Å². The minimum absolute atomic E-state index is 0.377. The lowest BCUT2D eigenvalue weighted by Gasteiger charge is -2.37. The lowest BCUT2D eigenvalue weighted by atomic mass is 9.95. The van der Waals surface area contributed by atoms with E-state index in [1.807, 2.05) is 19.2 Å².